The minimum absolute atomic E-state index is 0.0521. The number of carbonyl (C=O) groups excluding carboxylic acids is 1. The first-order valence-electron chi connectivity index (χ1n) is 6.67. The summed E-state index contributed by atoms with van der Waals surface area (Å²) in [6.45, 7) is 7.86. The Kier molecular flexibility index (Phi) is 4.02. The fraction of sp³-hybridized carbons (Fsp3) is 0.533. The number of carbonyl (C=O) groups is 1. The average molecular weight is 246 g/mol. The summed E-state index contributed by atoms with van der Waals surface area (Å²) in [5, 5.41) is 3.45. The van der Waals surface area contributed by atoms with E-state index < -0.39 is 0 Å². The zero-order chi connectivity index (χ0) is 13.1. The van der Waals surface area contributed by atoms with Gasteiger partial charge >= 0.3 is 0 Å². The van der Waals surface area contributed by atoms with Crippen molar-refractivity contribution >= 4 is 5.91 Å². The molecule has 0 radical (unpaired) electrons. The van der Waals surface area contributed by atoms with Gasteiger partial charge in [-0.1, -0.05) is 30.3 Å². The van der Waals surface area contributed by atoms with Crippen LogP contribution in [-0.2, 0) is 4.79 Å². The quantitative estimate of drug-likeness (QED) is 0.865. The van der Waals surface area contributed by atoms with Crippen LogP contribution in [-0.4, -0.2) is 36.0 Å². The van der Waals surface area contributed by atoms with Crippen LogP contribution in [0.5, 0.6) is 0 Å². The summed E-state index contributed by atoms with van der Waals surface area (Å²) in [5.41, 5.74) is 1.10. The number of amides is 1. The van der Waals surface area contributed by atoms with E-state index in [9.17, 15) is 4.79 Å². The van der Waals surface area contributed by atoms with Gasteiger partial charge < -0.3 is 10.2 Å². The van der Waals surface area contributed by atoms with Crippen LogP contribution in [0.4, 0.5) is 0 Å². The van der Waals surface area contributed by atoms with Gasteiger partial charge in [-0.05, 0) is 26.3 Å². The van der Waals surface area contributed by atoms with Crippen LogP contribution in [0.1, 0.15) is 32.3 Å². The van der Waals surface area contributed by atoms with Crippen molar-refractivity contribution in [2.75, 3.05) is 13.1 Å². The predicted molar refractivity (Wildman–Crippen MR) is 73.5 cm³/mol. The molecule has 1 aliphatic rings. The molecule has 3 atom stereocenters. The molecule has 1 saturated heterocycles. The molecule has 0 saturated carbocycles. The Morgan fingerprint density at radius 1 is 1.22 bits per heavy atom. The molecule has 3 unspecified atom stereocenters. The fourth-order valence-corrected chi connectivity index (χ4v) is 2.66. The maximum Gasteiger partial charge on any atom is 0.229 e. The van der Waals surface area contributed by atoms with E-state index in [1.54, 1.807) is 0 Å². The van der Waals surface area contributed by atoms with E-state index in [1.165, 1.54) is 0 Å². The van der Waals surface area contributed by atoms with Crippen LogP contribution in [0.15, 0.2) is 30.3 Å². The second kappa shape index (κ2) is 5.53. The first-order chi connectivity index (χ1) is 8.58. The Balaban J connectivity index is 2.07. The van der Waals surface area contributed by atoms with Crippen molar-refractivity contribution in [1.29, 1.82) is 0 Å². The van der Waals surface area contributed by atoms with E-state index in [4.69, 9.17) is 0 Å². The second-order valence-corrected chi connectivity index (χ2v) is 5.34. The third-order valence-corrected chi connectivity index (χ3v) is 3.54. The zero-order valence-electron chi connectivity index (χ0n) is 11.4. The molecule has 3 nitrogen and oxygen atoms in total. The molecular weight excluding hydrogens is 224 g/mol. The molecule has 1 fully saturated rings. The zero-order valence-corrected chi connectivity index (χ0v) is 11.4. The Hall–Kier alpha value is -1.35. The van der Waals surface area contributed by atoms with Gasteiger partial charge in [-0.2, -0.15) is 0 Å². The van der Waals surface area contributed by atoms with Gasteiger partial charge in [0.1, 0.15) is 0 Å². The van der Waals surface area contributed by atoms with E-state index in [-0.39, 0.29) is 11.8 Å². The fourth-order valence-electron chi connectivity index (χ4n) is 2.66. The van der Waals surface area contributed by atoms with Crippen LogP contribution in [0.2, 0.25) is 0 Å². The van der Waals surface area contributed by atoms with Crippen LogP contribution >= 0.6 is 0 Å². The lowest BCUT2D eigenvalue weighted by Gasteiger charge is -2.37. The number of hydrogen-bond donors (Lipinski definition) is 1. The lowest BCUT2D eigenvalue weighted by Crippen LogP contribution is -2.56. The van der Waals surface area contributed by atoms with E-state index in [1.807, 2.05) is 42.2 Å². The van der Waals surface area contributed by atoms with Gasteiger partial charge in [0.05, 0.1) is 5.92 Å². The summed E-state index contributed by atoms with van der Waals surface area (Å²) in [5.74, 6) is 0.185. The minimum Gasteiger partial charge on any atom is -0.339 e. The van der Waals surface area contributed by atoms with Gasteiger partial charge in [0, 0.05) is 25.2 Å². The molecule has 0 bridgehead atoms. The van der Waals surface area contributed by atoms with Crippen molar-refractivity contribution in [1.82, 2.24) is 10.2 Å². The molecule has 18 heavy (non-hydrogen) atoms. The molecule has 3 heteroatoms. The van der Waals surface area contributed by atoms with Gasteiger partial charge in [0.25, 0.3) is 0 Å². The summed E-state index contributed by atoms with van der Waals surface area (Å²) in [4.78, 5) is 14.5. The molecule has 98 valence electrons. The Morgan fingerprint density at radius 2 is 1.78 bits per heavy atom. The SMILES string of the molecule is CC1CN(C(=O)C(C)c2ccccc2)CC(C)N1. The lowest BCUT2D eigenvalue weighted by atomic mass is 9.98. The Labute approximate surface area is 109 Å². The van der Waals surface area contributed by atoms with Crippen LogP contribution in [0.25, 0.3) is 0 Å². The first kappa shape index (κ1) is 13.1. The topological polar surface area (TPSA) is 32.3 Å². The summed E-state index contributed by atoms with van der Waals surface area (Å²) in [6, 6.07) is 10.8. The van der Waals surface area contributed by atoms with Crippen molar-refractivity contribution in [2.45, 2.75) is 38.8 Å². The Morgan fingerprint density at radius 3 is 2.33 bits per heavy atom. The van der Waals surface area contributed by atoms with Crippen LogP contribution < -0.4 is 5.32 Å². The summed E-state index contributed by atoms with van der Waals surface area (Å²) in [6.07, 6.45) is 0. The minimum atomic E-state index is -0.0521. The predicted octanol–water partition coefficient (Wildman–Crippen LogP) is 2.00. The molecule has 1 amide bonds. The summed E-state index contributed by atoms with van der Waals surface area (Å²) >= 11 is 0. The van der Waals surface area contributed by atoms with Gasteiger partial charge in [-0.25, -0.2) is 0 Å². The van der Waals surface area contributed by atoms with Crippen molar-refractivity contribution in [2.24, 2.45) is 0 Å². The molecule has 1 aromatic carbocycles. The van der Waals surface area contributed by atoms with E-state index >= 15 is 0 Å². The highest BCUT2D eigenvalue weighted by atomic mass is 16.2. The highest BCUT2D eigenvalue weighted by Gasteiger charge is 2.28. The number of rotatable bonds is 2. The third kappa shape index (κ3) is 2.91. The number of nitrogens with zero attached hydrogens (tertiary/aromatic N) is 1. The summed E-state index contributed by atoms with van der Waals surface area (Å²) < 4.78 is 0. The van der Waals surface area contributed by atoms with Crippen LogP contribution in [0, 0.1) is 0 Å². The molecule has 0 aliphatic carbocycles. The smallest absolute Gasteiger partial charge is 0.229 e. The molecule has 2 rings (SSSR count). The average Bonchev–Trinajstić information content (AvgIpc) is 2.37. The van der Waals surface area contributed by atoms with E-state index in [2.05, 4.69) is 19.2 Å². The van der Waals surface area contributed by atoms with E-state index in [0.717, 1.165) is 18.7 Å². The maximum absolute atomic E-state index is 12.5. The van der Waals surface area contributed by atoms with Crippen molar-refractivity contribution < 1.29 is 4.79 Å². The molecule has 1 aromatic rings. The number of nitrogens with one attached hydrogen (secondary N) is 1. The molecule has 1 heterocycles. The van der Waals surface area contributed by atoms with Gasteiger partial charge in [0.15, 0.2) is 0 Å². The summed E-state index contributed by atoms with van der Waals surface area (Å²) in [7, 11) is 0. The number of benzene rings is 1. The molecule has 1 aliphatic heterocycles. The third-order valence-electron chi connectivity index (χ3n) is 3.54. The van der Waals surface area contributed by atoms with Gasteiger partial charge in [-0.15, -0.1) is 0 Å². The highest BCUT2D eigenvalue weighted by molar-refractivity contribution is 5.83. The monoisotopic (exact) mass is 246 g/mol. The molecule has 0 aromatic heterocycles. The highest BCUT2D eigenvalue weighted by Crippen LogP contribution is 2.19. The normalized spacial score (nSPS) is 25.8. The molecular formula is C15H22N2O. The number of hydrogen-bond acceptors (Lipinski definition) is 2. The van der Waals surface area contributed by atoms with Crippen molar-refractivity contribution in [3.8, 4) is 0 Å². The Bertz CT molecular complexity index is 394. The van der Waals surface area contributed by atoms with Gasteiger partial charge in [-0.3, -0.25) is 4.79 Å². The largest absolute Gasteiger partial charge is 0.339 e. The van der Waals surface area contributed by atoms with Crippen molar-refractivity contribution in [3.05, 3.63) is 35.9 Å². The van der Waals surface area contributed by atoms with Crippen LogP contribution in [0.3, 0.4) is 0 Å². The standard InChI is InChI=1S/C15H22N2O/c1-11-9-17(10-12(2)16-11)15(18)13(3)14-7-5-4-6-8-14/h4-8,11-13,16H,9-10H2,1-3H3. The van der Waals surface area contributed by atoms with Gasteiger partial charge in [0.2, 0.25) is 5.91 Å². The van der Waals surface area contributed by atoms with E-state index in [0.29, 0.717) is 12.1 Å². The first-order valence-corrected chi connectivity index (χ1v) is 6.67. The van der Waals surface area contributed by atoms with Crippen molar-refractivity contribution in [3.63, 3.8) is 0 Å². The maximum atomic E-state index is 12.5. The molecule has 1 N–H and O–H groups in total. The lowest BCUT2D eigenvalue weighted by molar-refractivity contribution is -0.134. The number of piperazine rings is 1. The molecule has 0 spiro atoms. The second-order valence-electron chi connectivity index (χ2n) is 5.34.